The van der Waals surface area contributed by atoms with E-state index in [9.17, 15) is 9.59 Å². The first-order valence-corrected chi connectivity index (χ1v) is 12.0. The highest BCUT2D eigenvalue weighted by Crippen LogP contribution is 2.24. The second kappa shape index (κ2) is 11.4. The molecular formula is C24H29ClN2O2S. The maximum Gasteiger partial charge on any atom is 0.243 e. The molecule has 4 nitrogen and oxygen atoms in total. The van der Waals surface area contributed by atoms with Crippen LogP contribution in [-0.2, 0) is 16.1 Å². The van der Waals surface area contributed by atoms with E-state index in [2.05, 4.69) is 5.32 Å². The minimum atomic E-state index is -0.509. The average Bonchev–Trinajstić information content (AvgIpc) is 3.27. The lowest BCUT2D eigenvalue weighted by Gasteiger charge is -2.31. The predicted molar refractivity (Wildman–Crippen MR) is 124 cm³/mol. The van der Waals surface area contributed by atoms with Crippen molar-refractivity contribution >= 4 is 35.2 Å². The molecule has 1 fully saturated rings. The first-order chi connectivity index (χ1) is 14.6. The molecule has 1 saturated carbocycles. The summed E-state index contributed by atoms with van der Waals surface area (Å²) in [4.78, 5) is 29.1. The number of thioether (sulfide) groups is 1. The molecule has 160 valence electrons. The molecule has 0 heterocycles. The predicted octanol–water partition coefficient (Wildman–Crippen LogP) is 5.30. The zero-order valence-corrected chi connectivity index (χ0v) is 18.9. The van der Waals surface area contributed by atoms with Gasteiger partial charge in [-0.15, -0.1) is 11.8 Å². The lowest BCUT2D eigenvalue weighted by molar-refractivity contribution is -0.139. The van der Waals surface area contributed by atoms with Crippen molar-refractivity contribution in [2.45, 2.75) is 62.6 Å². The van der Waals surface area contributed by atoms with Gasteiger partial charge in [0.25, 0.3) is 0 Å². The normalized spacial score (nSPS) is 15.0. The summed E-state index contributed by atoms with van der Waals surface area (Å²) in [6, 6.07) is 17.1. The van der Waals surface area contributed by atoms with Crippen molar-refractivity contribution in [2.75, 3.05) is 5.75 Å². The van der Waals surface area contributed by atoms with Crippen LogP contribution in [0.25, 0.3) is 0 Å². The van der Waals surface area contributed by atoms with Crippen LogP contribution in [-0.4, -0.2) is 34.6 Å². The van der Waals surface area contributed by atoms with Crippen LogP contribution in [0.5, 0.6) is 0 Å². The van der Waals surface area contributed by atoms with Crippen molar-refractivity contribution in [1.29, 1.82) is 0 Å². The van der Waals surface area contributed by atoms with Gasteiger partial charge >= 0.3 is 0 Å². The van der Waals surface area contributed by atoms with Crippen LogP contribution in [0.4, 0.5) is 0 Å². The molecule has 0 bridgehead atoms. The zero-order chi connectivity index (χ0) is 21.3. The Hall–Kier alpha value is -1.98. The van der Waals surface area contributed by atoms with Gasteiger partial charge in [-0.2, -0.15) is 0 Å². The van der Waals surface area contributed by atoms with E-state index >= 15 is 0 Å². The van der Waals surface area contributed by atoms with E-state index in [1.165, 1.54) is 11.8 Å². The fourth-order valence-corrected chi connectivity index (χ4v) is 4.84. The maximum absolute atomic E-state index is 13.3. The molecule has 1 N–H and O–H groups in total. The first kappa shape index (κ1) is 22.7. The highest BCUT2D eigenvalue weighted by Gasteiger charge is 2.30. The summed E-state index contributed by atoms with van der Waals surface area (Å²) < 4.78 is 0. The van der Waals surface area contributed by atoms with Gasteiger partial charge in [-0.05, 0) is 43.0 Å². The summed E-state index contributed by atoms with van der Waals surface area (Å²) in [7, 11) is 0. The summed E-state index contributed by atoms with van der Waals surface area (Å²) in [6.45, 7) is 2.28. The second-order valence-electron chi connectivity index (χ2n) is 7.63. The fraction of sp³-hybridized carbons (Fsp3) is 0.417. The Bertz CT molecular complexity index is 840. The van der Waals surface area contributed by atoms with Crippen molar-refractivity contribution in [1.82, 2.24) is 10.2 Å². The lowest BCUT2D eigenvalue weighted by Crippen LogP contribution is -2.51. The summed E-state index contributed by atoms with van der Waals surface area (Å²) in [5.74, 6) is 0.161. The molecule has 1 aliphatic carbocycles. The third-order valence-electron chi connectivity index (χ3n) is 5.49. The Kier molecular flexibility index (Phi) is 8.64. The molecule has 0 saturated heterocycles. The van der Waals surface area contributed by atoms with Gasteiger partial charge in [0.1, 0.15) is 6.04 Å². The minimum absolute atomic E-state index is 0.0582. The van der Waals surface area contributed by atoms with Gasteiger partial charge < -0.3 is 10.2 Å². The van der Waals surface area contributed by atoms with Gasteiger partial charge in [0.2, 0.25) is 11.8 Å². The number of nitrogens with one attached hydrogen (secondary N) is 1. The molecule has 0 unspecified atom stereocenters. The number of amides is 2. The molecule has 0 aliphatic heterocycles. The van der Waals surface area contributed by atoms with Crippen LogP contribution in [0, 0.1) is 0 Å². The SMILES string of the molecule is CC[C@H](C(=O)NC1CCCC1)N(Cc1ccccc1Cl)C(=O)CSc1ccccc1. The molecule has 1 atom stereocenters. The third-order valence-corrected chi connectivity index (χ3v) is 6.86. The molecule has 0 spiro atoms. The number of carbonyl (C=O) groups excluding carboxylic acids is 2. The van der Waals surface area contributed by atoms with Crippen molar-refractivity contribution < 1.29 is 9.59 Å². The number of rotatable bonds is 9. The molecule has 2 amide bonds. The summed E-state index contributed by atoms with van der Waals surface area (Å²) in [5.41, 5.74) is 0.851. The maximum atomic E-state index is 13.3. The van der Waals surface area contributed by atoms with Crippen LogP contribution in [0.2, 0.25) is 5.02 Å². The standard InChI is InChI=1S/C24H29ClN2O2S/c1-2-22(24(29)26-19-11-7-8-12-19)27(16-18-10-6-9-15-21(18)25)23(28)17-30-20-13-4-3-5-14-20/h3-6,9-10,13-15,19,22H,2,7-8,11-12,16-17H2,1H3,(H,26,29)/t22-/m1/s1. The molecule has 2 aromatic carbocycles. The van der Waals surface area contributed by atoms with Gasteiger partial charge in [0.05, 0.1) is 5.75 Å². The molecule has 3 rings (SSSR count). The van der Waals surface area contributed by atoms with Crippen molar-refractivity contribution in [3.63, 3.8) is 0 Å². The monoisotopic (exact) mass is 444 g/mol. The number of hydrogen-bond acceptors (Lipinski definition) is 3. The molecule has 0 aromatic heterocycles. The number of hydrogen-bond donors (Lipinski definition) is 1. The van der Waals surface area contributed by atoms with Crippen molar-refractivity contribution in [3.05, 3.63) is 65.2 Å². The lowest BCUT2D eigenvalue weighted by atomic mass is 10.1. The van der Waals surface area contributed by atoms with Gasteiger partial charge in [-0.3, -0.25) is 9.59 Å². The molecule has 2 aromatic rings. The smallest absolute Gasteiger partial charge is 0.243 e. The number of nitrogens with zero attached hydrogens (tertiary/aromatic N) is 1. The second-order valence-corrected chi connectivity index (χ2v) is 9.08. The summed E-state index contributed by atoms with van der Waals surface area (Å²) >= 11 is 7.86. The Balaban J connectivity index is 1.76. The van der Waals surface area contributed by atoms with E-state index < -0.39 is 6.04 Å². The Morgan fingerprint density at radius 2 is 1.77 bits per heavy atom. The van der Waals surface area contributed by atoms with E-state index in [0.29, 0.717) is 18.0 Å². The highest BCUT2D eigenvalue weighted by molar-refractivity contribution is 8.00. The van der Waals surface area contributed by atoms with Gasteiger partial charge in [0.15, 0.2) is 0 Å². The molecule has 0 radical (unpaired) electrons. The number of benzene rings is 2. The number of halogens is 1. The van der Waals surface area contributed by atoms with Crippen molar-refractivity contribution in [3.8, 4) is 0 Å². The quantitative estimate of drug-likeness (QED) is 0.534. The number of carbonyl (C=O) groups is 2. The topological polar surface area (TPSA) is 49.4 Å². The minimum Gasteiger partial charge on any atom is -0.352 e. The molecular weight excluding hydrogens is 416 g/mol. The summed E-state index contributed by atoms with van der Waals surface area (Å²) in [6.07, 6.45) is 4.90. The Morgan fingerprint density at radius 3 is 2.43 bits per heavy atom. The van der Waals surface area contributed by atoms with Crippen LogP contribution in [0.15, 0.2) is 59.5 Å². The van der Waals surface area contributed by atoms with Crippen LogP contribution >= 0.6 is 23.4 Å². The van der Waals surface area contributed by atoms with E-state index in [1.807, 2.05) is 61.5 Å². The Labute approximate surface area is 188 Å². The van der Waals surface area contributed by atoms with E-state index in [4.69, 9.17) is 11.6 Å². The Morgan fingerprint density at radius 1 is 1.10 bits per heavy atom. The van der Waals surface area contributed by atoms with Gasteiger partial charge in [-0.1, -0.05) is 67.8 Å². The first-order valence-electron chi connectivity index (χ1n) is 10.6. The van der Waals surface area contributed by atoms with E-state index in [-0.39, 0.29) is 23.6 Å². The van der Waals surface area contributed by atoms with Gasteiger partial charge in [0, 0.05) is 22.5 Å². The molecule has 1 aliphatic rings. The largest absolute Gasteiger partial charge is 0.352 e. The molecule has 30 heavy (non-hydrogen) atoms. The van der Waals surface area contributed by atoms with Gasteiger partial charge in [-0.25, -0.2) is 0 Å². The summed E-state index contributed by atoms with van der Waals surface area (Å²) in [5, 5.41) is 3.78. The highest BCUT2D eigenvalue weighted by atomic mass is 35.5. The molecule has 6 heteroatoms. The van der Waals surface area contributed by atoms with Crippen LogP contribution < -0.4 is 5.32 Å². The fourth-order valence-electron chi connectivity index (χ4n) is 3.84. The third kappa shape index (κ3) is 6.26. The van der Waals surface area contributed by atoms with Crippen LogP contribution in [0.3, 0.4) is 0 Å². The zero-order valence-electron chi connectivity index (χ0n) is 17.4. The van der Waals surface area contributed by atoms with Crippen LogP contribution in [0.1, 0.15) is 44.6 Å². The van der Waals surface area contributed by atoms with E-state index in [0.717, 1.165) is 36.1 Å². The van der Waals surface area contributed by atoms with E-state index in [1.54, 1.807) is 4.90 Å². The average molecular weight is 445 g/mol. The van der Waals surface area contributed by atoms with Crippen molar-refractivity contribution in [2.24, 2.45) is 0 Å².